The number of aryl methyl sites for hydroxylation is 5. The van der Waals surface area contributed by atoms with Gasteiger partial charge in [-0.15, -0.1) is 10.2 Å². The molecule has 7 nitrogen and oxygen atoms in total. The van der Waals surface area contributed by atoms with Crippen molar-refractivity contribution in [1.29, 1.82) is 0 Å². The minimum Gasteiger partial charge on any atom is -0.326 e. The zero-order valence-corrected chi connectivity index (χ0v) is 18.1. The quantitative estimate of drug-likeness (QED) is 0.539. The maximum Gasteiger partial charge on any atom is 0.300 e. The lowest BCUT2D eigenvalue weighted by Crippen LogP contribution is -2.20. The standard InChI is InChI=1S/C24H25N5O2/c1-15-11-16(2)13-19(12-15)25-22(30)8-7-21-26-27-23-24(31)28(9-10-29(21)23)20-6-5-17(3)18(4)14-20/h5-6,9-14H,7-8H2,1-4H3,(H,25,30). The number of fused-ring (bicyclic) bond motifs is 1. The van der Waals surface area contributed by atoms with Gasteiger partial charge < -0.3 is 5.32 Å². The Balaban J connectivity index is 1.53. The lowest BCUT2D eigenvalue weighted by atomic mass is 10.1. The van der Waals surface area contributed by atoms with E-state index in [-0.39, 0.29) is 23.5 Å². The Morgan fingerprint density at radius 3 is 2.39 bits per heavy atom. The Hall–Kier alpha value is -3.74. The molecule has 0 aliphatic rings. The molecular weight excluding hydrogens is 390 g/mol. The first-order valence-electron chi connectivity index (χ1n) is 10.2. The number of rotatable bonds is 5. The molecule has 0 spiro atoms. The van der Waals surface area contributed by atoms with Gasteiger partial charge in [0, 0.05) is 36.6 Å². The molecule has 158 valence electrons. The van der Waals surface area contributed by atoms with Crippen molar-refractivity contribution in [3.63, 3.8) is 0 Å². The zero-order chi connectivity index (χ0) is 22.1. The van der Waals surface area contributed by atoms with E-state index in [1.807, 2.05) is 58.0 Å². The molecule has 0 atom stereocenters. The molecular formula is C24H25N5O2. The molecule has 2 aromatic carbocycles. The van der Waals surface area contributed by atoms with Crippen LogP contribution in [-0.4, -0.2) is 25.1 Å². The average molecular weight is 415 g/mol. The van der Waals surface area contributed by atoms with Gasteiger partial charge in [0.15, 0.2) is 0 Å². The molecule has 0 unspecified atom stereocenters. The summed E-state index contributed by atoms with van der Waals surface area (Å²) < 4.78 is 3.22. The smallest absolute Gasteiger partial charge is 0.300 e. The SMILES string of the molecule is Cc1cc(C)cc(NC(=O)CCc2nnc3c(=O)n(-c4ccc(C)c(C)c4)ccn23)c1. The molecule has 2 heterocycles. The molecule has 2 aromatic heterocycles. The van der Waals surface area contributed by atoms with E-state index >= 15 is 0 Å². The van der Waals surface area contributed by atoms with Crippen molar-refractivity contribution in [2.75, 3.05) is 5.32 Å². The molecule has 4 aromatic rings. The van der Waals surface area contributed by atoms with E-state index in [9.17, 15) is 9.59 Å². The van der Waals surface area contributed by atoms with Crippen LogP contribution in [0.3, 0.4) is 0 Å². The number of nitrogens with one attached hydrogen (secondary N) is 1. The van der Waals surface area contributed by atoms with Crippen LogP contribution in [0.4, 0.5) is 5.69 Å². The van der Waals surface area contributed by atoms with Crippen LogP contribution in [0.15, 0.2) is 53.6 Å². The summed E-state index contributed by atoms with van der Waals surface area (Å²) in [6, 6.07) is 11.8. The Morgan fingerprint density at radius 1 is 0.935 bits per heavy atom. The maximum atomic E-state index is 12.9. The highest BCUT2D eigenvalue weighted by atomic mass is 16.1. The zero-order valence-electron chi connectivity index (χ0n) is 18.1. The summed E-state index contributed by atoms with van der Waals surface area (Å²) in [5.74, 6) is 0.472. The van der Waals surface area contributed by atoms with Crippen molar-refractivity contribution >= 4 is 17.2 Å². The Morgan fingerprint density at radius 2 is 1.68 bits per heavy atom. The molecule has 1 N–H and O–H groups in total. The van der Waals surface area contributed by atoms with Crippen LogP contribution in [0.25, 0.3) is 11.3 Å². The number of amides is 1. The molecule has 4 rings (SSSR count). The van der Waals surface area contributed by atoms with E-state index in [0.29, 0.717) is 12.2 Å². The van der Waals surface area contributed by atoms with E-state index in [1.165, 1.54) is 5.56 Å². The molecule has 0 saturated carbocycles. The van der Waals surface area contributed by atoms with Gasteiger partial charge in [-0.2, -0.15) is 0 Å². The second-order valence-electron chi connectivity index (χ2n) is 7.98. The third kappa shape index (κ3) is 4.26. The summed E-state index contributed by atoms with van der Waals surface area (Å²) in [5, 5.41) is 11.2. The van der Waals surface area contributed by atoms with E-state index in [0.717, 1.165) is 28.1 Å². The fourth-order valence-electron chi connectivity index (χ4n) is 3.68. The average Bonchev–Trinajstić information content (AvgIpc) is 3.12. The Bertz CT molecular complexity index is 1330. The molecule has 0 saturated heterocycles. The maximum absolute atomic E-state index is 12.9. The minimum absolute atomic E-state index is 0.106. The number of nitrogens with zero attached hydrogens (tertiary/aromatic N) is 4. The van der Waals surface area contributed by atoms with Crippen molar-refractivity contribution in [1.82, 2.24) is 19.2 Å². The van der Waals surface area contributed by atoms with Gasteiger partial charge in [0.2, 0.25) is 11.6 Å². The molecule has 31 heavy (non-hydrogen) atoms. The van der Waals surface area contributed by atoms with Gasteiger partial charge in [-0.3, -0.25) is 18.6 Å². The highest BCUT2D eigenvalue weighted by Crippen LogP contribution is 2.15. The van der Waals surface area contributed by atoms with Crippen molar-refractivity contribution in [3.8, 4) is 5.69 Å². The monoisotopic (exact) mass is 415 g/mol. The fraction of sp³-hybridized carbons (Fsp3) is 0.250. The lowest BCUT2D eigenvalue weighted by molar-refractivity contribution is -0.116. The summed E-state index contributed by atoms with van der Waals surface area (Å²) >= 11 is 0. The highest BCUT2D eigenvalue weighted by Gasteiger charge is 2.13. The molecule has 1 amide bonds. The summed E-state index contributed by atoms with van der Waals surface area (Å²) in [4.78, 5) is 25.3. The van der Waals surface area contributed by atoms with E-state index in [1.54, 1.807) is 21.4 Å². The molecule has 0 aliphatic heterocycles. The topological polar surface area (TPSA) is 81.3 Å². The predicted octanol–water partition coefficient (Wildman–Crippen LogP) is 3.69. The van der Waals surface area contributed by atoms with Crippen LogP contribution >= 0.6 is 0 Å². The molecule has 0 aliphatic carbocycles. The van der Waals surface area contributed by atoms with Crippen molar-refractivity contribution < 1.29 is 4.79 Å². The fourth-order valence-corrected chi connectivity index (χ4v) is 3.68. The third-order valence-corrected chi connectivity index (χ3v) is 5.39. The first-order chi connectivity index (χ1) is 14.8. The van der Waals surface area contributed by atoms with Gasteiger partial charge in [-0.05, 0) is 74.2 Å². The van der Waals surface area contributed by atoms with Gasteiger partial charge in [0.25, 0.3) is 0 Å². The summed E-state index contributed by atoms with van der Waals surface area (Å²) in [6.07, 6.45) is 4.10. The van der Waals surface area contributed by atoms with E-state index in [4.69, 9.17) is 0 Å². The summed E-state index contributed by atoms with van der Waals surface area (Å²) in [7, 11) is 0. The molecule has 7 heteroatoms. The van der Waals surface area contributed by atoms with Crippen molar-refractivity contribution in [2.24, 2.45) is 0 Å². The second-order valence-corrected chi connectivity index (χ2v) is 7.98. The first kappa shape index (κ1) is 20.5. The summed E-state index contributed by atoms with van der Waals surface area (Å²) in [5.41, 5.74) is 6.04. The van der Waals surface area contributed by atoms with Gasteiger partial charge in [-0.25, -0.2) is 0 Å². The summed E-state index contributed by atoms with van der Waals surface area (Å²) in [6.45, 7) is 8.04. The molecule has 0 fully saturated rings. The number of hydrogen-bond donors (Lipinski definition) is 1. The third-order valence-electron chi connectivity index (χ3n) is 5.39. The first-order valence-corrected chi connectivity index (χ1v) is 10.2. The Kier molecular flexibility index (Phi) is 5.42. The predicted molar refractivity (Wildman–Crippen MR) is 121 cm³/mol. The number of benzene rings is 2. The van der Waals surface area contributed by atoms with Gasteiger partial charge in [-0.1, -0.05) is 12.1 Å². The van der Waals surface area contributed by atoms with Crippen molar-refractivity contribution in [3.05, 3.63) is 87.2 Å². The van der Waals surface area contributed by atoms with Crippen LogP contribution in [0.1, 0.15) is 34.5 Å². The second kappa shape index (κ2) is 8.18. The Labute approximate surface area is 180 Å². The van der Waals surface area contributed by atoms with Crippen molar-refractivity contribution in [2.45, 2.75) is 40.5 Å². The number of aromatic nitrogens is 4. The lowest BCUT2D eigenvalue weighted by Gasteiger charge is -2.09. The molecule has 0 bridgehead atoms. The van der Waals surface area contributed by atoms with Crippen LogP contribution in [0.2, 0.25) is 0 Å². The minimum atomic E-state index is -0.246. The number of hydrogen-bond acceptors (Lipinski definition) is 4. The largest absolute Gasteiger partial charge is 0.326 e. The van der Waals surface area contributed by atoms with E-state index in [2.05, 4.69) is 21.6 Å². The van der Waals surface area contributed by atoms with Crippen LogP contribution in [0, 0.1) is 27.7 Å². The number of anilines is 1. The van der Waals surface area contributed by atoms with Gasteiger partial charge in [0.1, 0.15) is 5.82 Å². The van der Waals surface area contributed by atoms with Crippen LogP contribution in [0.5, 0.6) is 0 Å². The number of carbonyl (C=O) groups excluding carboxylic acids is 1. The highest BCUT2D eigenvalue weighted by molar-refractivity contribution is 5.91. The normalized spacial score (nSPS) is 11.1. The van der Waals surface area contributed by atoms with Gasteiger partial charge in [0.05, 0.1) is 0 Å². The van der Waals surface area contributed by atoms with Gasteiger partial charge >= 0.3 is 5.56 Å². The van der Waals surface area contributed by atoms with Crippen LogP contribution < -0.4 is 10.9 Å². The van der Waals surface area contributed by atoms with Crippen LogP contribution in [-0.2, 0) is 11.2 Å². The molecule has 0 radical (unpaired) electrons. The van der Waals surface area contributed by atoms with E-state index < -0.39 is 0 Å². The number of carbonyl (C=O) groups is 1.